The molecule has 0 fully saturated rings. The van der Waals surface area contributed by atoms with Crippen molar-refractivity contribution in [2.75, 3.05) is 18.6 Å². The number of rotatable bonds is 8. The number of hydrogen-bond acceptors (Lipinski definition) is 3. The van der Waals surface area contributed by atoms with Crippen molar-refractivity contribution >= 4 is 23.8 Å². The van der Waals surface area contributed by atoms with Gasteiger partial charge in [0.25, 0.3) is 0 Å². The van der Waals surface area contributed by atoms with Crippen LogP contribution in [0.2, 0.25) is 0 Å². The fraction of sp³-hybridized carbons (Fsp3) is 0.667. The van der Waals surface area contributed by atoms with Crippen molar-refractivity contribution in [3.63, 3.8) is 0 Å². The summed E-state index contributed by atoms with van der Waals surface area (Å²) in [6, 6.07) is -1.20. The number of hydrogen-bond donors (Lipinski definition) is 2. The van der Waals surface area contributed by atoms with E-state index in [4.69, 9.17) is 5.11 Å². The monoisotopic (exact) mass is 274 g/mol. The largest absolute Gasteiger partial charge is 0.480 e. The molecule has 0 aliphatic rings. The van der Waals surface area contributed by atoms with Crippen molar-refractivity contribution in [2.24, 2.45) is 0 Å². The zero-order valence-corrected chi connectivity index (χ0v) is 12.0. The number of thioether (sulfide) groups is 1. The Morgan fingerprint density at radius 1 is 1.50 bits per heavy atom. The third-order valence-corrected chi connectivity index (χ3v) is 3.06. The summed E-state index contributed by atoms with van der Waals surface area (Å²) in [4.78, 5) is 24.5. The number of nitrogens with one attached hydrogen (secondary N) is 1. The van der Waals surface area contributed by atoms with Crippen LogP contribution in [-0.4, -0.2) is 52.6 Å². The summed E-state index contributed by atoms with van der Waals surface area (Å²) in [5, 5.41) is 11.6. The van der Waals surface area contributed by atoms with Gasteiger partial charge in [0.15, 0.2) is 0 Å². The average molecular weight is 274 g/mol. The molecule has 0 saturated carbocycles. The quantitative estimate of drug-likeness (QED) is 0.662. The van der Waals surface area contributed by atoms with E-state index in [9.17, 15) is 9.59 Å². The zero-order chi connectivity index (χ0) is 14.1. The van der Waals surface area contributed by atoms with Crippen molar-refractivity contribution in [3.05, 3.63) is 12.7 Å². The van der Waals surface area contributed by atoms with E-state index in [0.29, 0.717) is 18.7 Å². The van der Waals surface area contributed by atoms with Gasteiger partial charge in [-0.25, -0.2) is 9.59 Å². The Morgan fingerprint density at radius 3 is 2.50 bits per heavy atom. The Labute approximate surface area is 113 Å². The molecule has 1 unspecified atom stereocenters. The molecular weight excluding hydrogens is 252 g/mol. The Morgan fingerprint density at radius 2 is 2.11 bits per heavy atom. The van der Waals surface area contributed by atoms with Gasteiger partial charge in [-0.15, -0.1) is 6.58 Å². The van der Waals surface area contributed by atoms with Crippen LogP contribution in [-0.2, 0) is 4.79 Å². The predicted molar refractivity (Wildman–Crippen MR) is 75.0 cm³/mol. The van der Waals surface area contributed by atoms with Crippen LogP contribution < -0.4 is 5.32 Å². The first-order valence-electron chi connectivity index (χ1n) is 5.83. The van der Waals surface area contributed by atoms with E-state index in [1.807, 2.05) is 20.1 Å². The van der Waals surface area contributed by atoms with Gasteiger partial charge in [0.2, 0.25) is 0 Å². The number of amides is 2. The Kier molecular flexibility index (Phi) is 8.28. The fourth-order valence-corrected chi connectivity index (χ4v) is 1.86. The van der Waals surface area contributed by atoms with Crippen LogP contribution in [0.3, 0.4) is 0 Å². The highest BCUT2D eigenvalue weighted by Gasteiger charge is 2.23. The molecule has 2 amide bonds. The molecule has 0 aliphatic carbocycles. The molecule has 5 nitrogen and oxygen atoms in total. The van der Waals surface area contributed by atoms with Gasteiger partial charge in [-0.05, 0) is 32.3 Å². The van der Waals surface area contributed by atoms with Gasteiger partial charge in [0, 0.05) is 12.6 Å². The van der Waals surface area contributed by atoms with Gasteiger partial charge in [-0.3, -0.25) is 0 Å². The second kappa shape index (κ2) is 8.85. The topological polar surface area (TPSA) is 69.6 Å². The minimum absolute atomic E-state index is 0.00186. The number of carboxylic acids is 1. The molecule has 0 radical (unpaired) electrons. The first kappa shape index (κ1) is 16.8. The molecule has 0 aromatic rings. The Balaban J connectivity index is 4.54. The van der Waals surface area contributed by atoms with Crippen LogP contribution in [0.15, 0.2) is 12.7 Å². The molecule has 104 valence electrons. The fourth-order valence-electron chi connectivity index (χ4n) is 1.39. The molecule has 1 atom stereocenters. The predicted octanol–water partition coefficient (Wildman–Crippen LogP) is 1.80. The second-order valence-electron chi connectivity index (χ2n) is 4.16. The highest BCUT2D eigenvalue weighted by atomic mass is 32.2. The number of aliphatic carboxylic acids is 1. The van der Waals surface area contributed by atoms with Crippen molar-refractivity contribution in [2.45, 2.75) is 32.4 Å². The number of carbonyl (C=O) groups excluding carboxylic acids is 1. The highest BCUT2D eigenvalue weighted by Crippen LogP contribution is 2.04. The molecule has 0 spiro atoms. The van der Waals surface area contributed by atoms with Crippen LogP contribution in [0.4, 0.5) is 4.79 Å². The molecule has 0 saturated heterocycles. The van der Waals surface area contributed by atoms with Gasteiger partial charge in [-0.2, -0.15) is 11.8 Å². The SMILES string of the molecule is C=CCN(C(=O)NC(CCSC)C(=O)O)C(C)C. The molecule has 0 aromatic carbocycles. The lowest BCUT2D eigenvalue weighted by Gasteiger charge is -2.27. The molecule has 0 heterocycles. The van der Waals surface area contributed by atoms with E-state index in [1.165, 1.54) is 0 Å². The van der Waals surface area contributed by atoms with Crippen molar-refractivity contribution < 1.29 is 14.7 Å². The molecule has 18 heavy (non-hydrogen) atoms. The van der Waals surface area contributed by atoms with Crippen LogP contribution in [0.25, 0.3) is 0 Å². The second-order valence-corrected chi connectivity index (χ2v) is 5.14. The lowest BCUT2D eigenvalue weighted by molar-refractivity contribution is -0.139. The maximum Gasteiger partial charge on any atom is 0.326 e. The number of urea groups is 1. The lowest BCUT2D eigenvalue weighted by Crippen LogP contribution is -2.50. The summed E-state index contributed by atoms with van der Waals surface area (Å²) in [5.41, 5.74) is 0. The van der Waals surface area contributed by atoms with Gasteiger partial charge < -0.3 is 15.3 Å². The van der Waals surface area contributed by atoms with E-state index in [1.54, 1.807) is 22.7 Å². The molecule has 0 rings (SSSR count). The summed E-state index contributed by atoms with van der Waals surface area (Å²) >= 11 is 1.55. The summed E-state index contributed by atoms with van der Waals surface area (Å²) in [6.45, 7) is 7.74. The van der Waals surface area contributed by atoms with Gasteiger partial charge in [0.05, 0.1) is 0 Å². The molecule has 0 bridgehead atoms. The number of carbonyl (C=O) groups is 2. The highest BCUT2D eigenvalue weighted by molar-refractivity contribution is 7.98. The van der Waals surface area contributed by atoms with Crippen LogP contribution >= 0.6 is 11.8 Å². The number of nitrogens with zero attached hydrogens (tertiary/aromatic N) is 1. The van der Waals surface area contributed by atoms with E-state index in [0.717, 1.165) is 0 Å². The Bertz CT molecular complexity index is 295. The maximum atomic E-state index is 11.9. The standard InChI is InChI=1S/C12H22N2O3S/c1-5-7-14(9(2)3)12(17)13-10(11(15)16)6-8-18-4/h5,9-10H,1,6-8H2,2-4H3,(H,13,17)(H,15,16). The third-order valence-electron chi connectivity index (χ3n) is 2.42. The smallest absolute Gasteiger partial charge is 0.326 e. The van der Waals surface area contributed by atoms with Gasteiger partial charge in [0.1, 0.15) is 6.04 Å². The van der Waals surface area contributed by atoms with Gasteiger partial charge >= 0.3 is 12.0 Å². The summed E-state index contributed by atoms with van der Waals surface area (Å²) in [6.07, 6.45) is 3.94. The van der Waals surface area contributed by atoms with Crippen LogP contribution in [0.1, 0.15) is 20.3 Å². The van der Waals surface area contributed by atoms with E-state index < -0.39 is 12.0 Å². The van der Waals surface area contributed by atoms with Gasteiger partial charge in [-0.1, -0.05) is 6.08 Å². The van der Waals surface area contributed by atoms with E-state index in [2.05, 4.69) is 11.9 Å². The first-order chi connectivity index (χ1) is 8.43. The molecule has 2 N–H and O–H groups in total. The average Bonchev–Trinajstić information content (AvgIpc) is 2.30. The molecular formula is C12H22N2O3S. The first-order valence-corrected chi connectivity index (χ1v) is 7.23. The maximum absolute atomic E-state index is 11.9. The zero-order valence-electron chi connectivity index (χ0n) is 11.2. The minimum atomic E-state index is -1.00. The lowest BCUT2D eigenvalue weighted by atomic mass is 10.2. The van der Waals surface area contributed by atoms with Crippen molar-refractivity contribution in [1.29, 1.82) is 0 Å². The van der Waals surface area contributed by atoms with Crippen LogP contribution in [0.5, 0.6) is 0 Å². The molecule has 0 aliphatic heterocycles. The number of carboxylic acid groups (broad SMARTS) is 1. The van der Waals surface area contributed by atoms with E-state index in [-0.39, 0.29) is 12.1 Å². The van der Waals surface area contributed by atoms with Crippen molar-refractivity contribution in [1.82, 2.24) is 10.2 Å². The minimum Gasteiger partial charge on any atom is -0.480 e. The summed E-state index contributed by atoms with van der Waals surface area (Å²) in [7, 11) is 0. The molecule has 6 heteroatoms. The van der Waals surface area contributed by atoms with E-state index >= 15 is 0 Å². The van der Waals surface area contributed by atoms with Crippen molar-refractivity contribution in [3.8, 4) is 0 Å². The summed E-state index contributed by atoms with van der Waals surface area (Å²) < 4.78 is 0. The third kappa shape index (κ3) is 5.95. The summed E-state index contributed by atoms with van der Waals surface area (Å²) in [5.74, 6) is -0.305. The molecule has 0 aromatic heterocycles. The van der Waals surface area contributed by atoms with Crippen LogP contribution in [0, 0.1) is 0 Å². The normalized spacial score (nSPS) is 12.0. The Hall–Kier alpha value is -1.17.